The van der Waals surface area contributed by atoms with E-state index in [1.807, 2.05) is 0 Å². The number of amides is 1. The van der Waals surface area contributed by atoms with E-state index in [4.69, 9.17) is 9.84 Å². The van der Waals surface area contributed by atoms with Gasteiger partial charge in [0.25, 0.3) is 0 Å². The Kier molecular flexibility index (Phi) is 3.25. The maximum atomic E-state index is 11.2. The largest absolute Gasteiger partial charge is 0.479 e. The minimum absolute atomic E-state index is 0.0189. The summed E-state index contributed by atoms with van der Waals surface area (Å²) in [6.07, 6.45) is -0.448. The molecule has 1 saturated heterocycles. The summed E-state index contributed by atoms with van der Waals surface area (Å²) in [5.41, 5.74) is 0. The molecular formula is C8H13NO4. The van der Waals surface area contributed by atoms with Crippen molar-refractivity contribution in [3.05, 3.63) is 0 Å². The Hall–Kier alpha value is -1.10. The molecule has 1 N–H and O–H groups in total. The van der Waals surface area contributed by atoms with Crippen molar-refractivity contribution in [2.24, 2.45) is 0 Å². The molecule has 1 atom stereocenters. The number of carboxylic acid groups (broad SMARTS) is 1. The molecule has 0 aromatic heterocycles. The van der Waals surface area contributed by atoms with Crippen molar-refractivity contribution in [1.29, 1.82) is 0 Å². The Morgan fingerprint density at radius 3 is 2.85 bits per heavy atom. The Labute approximate surface area is 76.3 Å². The summed E-state index contributed by atoms with van der Waals surface area (Å²) in [5.74, 6) is -1.02. The highest BCUT2D eigenvalue weighted by atomic mass is 16.5. The maximum Gasteiger partial charge on any atom is 0.334 e. The Bertz CT molecular complexity index is 216. The molecule has 1 rings (SSSR count). The number of aliphatic carboxylic acids is 1. The van der Waals surface area contributed by atoms with Crippen LogP contribution < -0.4 is 0 Å². The summed E-state index contributed by atoms with van der Waals surface area (Å²) in [6.45, 7) is 2.73. The molecule has 1 fully saturated rings. The fourth-order valence-electron chi connectivity index (χ4n) is 1.25. The average molecular weight is 187 g/mol. The zero-order valence-corrected chi connectivity index (χ0v) is 7.52. The highest BCUT2D eigenvalue weighted by Gasteiger charge is 2.27. The molecule has 1 aliphatic heterocycles. The third-order valence-electron chi connectivity index (χ3n) is 2.00. The van der Waals surface area contributed by atoms with Crippen LogP contribution in [0.4, 0.5) is 0 Å². The Morgan fingerprint density at radius 1 is 1.62 bits per heavy atom. The van der Waals surface area contributed by atoms with E-state index in [0.29, 0.717) is 19.6 Å². The van der Waals surface area contributed by atoms with Crippen LogP contribution in [0.15, 0.2) is 0 Å². The van der Waals surface area contributed by atoms with Gasteiger partial charge in [-0.3, -0.25) is 4.79 Å². The predicted molar refractivity (Wildman–Crippen MR) is 44.2 cm³/mol. The highest BCUT2D eigenvalue weighted by molar-refractivity contribution is 5.78. The Balaban J connectivity index is 2.51. The van der Waals surface area contributed by atoms with Gasteiger partial charge >= 0.3 is 5.97 Å². The fourth-order valence-corrected chi connectivity index (χ4v) is 1.25. The Morgan fingerprint density at radius 2 is 2.31 bits per heavy atom. The molecule has 1 aliphatic rings. The zero-order chi connectivity index (χ0) is 9.84. The van der Waals surface area contributed by atoms with Crippen molar-refractivity contribution < 1.29 is 19.4 Å². The van der Waals surface area contributed by atoms with Gasteiger partial charge in [-0.1, -0.05) is 6.92 Å². The van der Waals surface area contributed by atoms with E-state index in [1.54, 1.807) is 6.92 Å². The van der Waals surface area contributed by atoms with Crippen LogP contribution >= 0.6 is 0 Å². The van der Waals surface area contributed by atoms with Gasteiger partial charge in [-0.05, 0) is 0 Å². The standard InChI is InChI=1S/C8H13NO4/c1-2-7(10)9-3-4-13-6(5-9)8(11)12/h6H,2-5H2,1H3,(H,11,12). The molecule has 0 saturated carbocycles. The van der Waals surface area contributed by atoms with Gasteiger partial charge in [-0.2, -0.15) is 0 Å². The van der Waals surface area contributed by atoms with Crippen LogP contribution in [0.1, 0.15) is 13.3 Å². The highest BCUT2D eigenvalue weighted by Crippen LogP contribution is 2.06. The zero-order valence-electron chi connectivity index (χ0n) is 7.52. The maximum absolute atomic E-state index is 11.2. The predicted octanol–water partition coefficient (Wildman–Crippen LogP) is -0.292. The molecule has 0 bridgehead atoms. The SMILES string of the molecule is CCC(=O)N1CCOC(C(=O)O)C1. The van der Waals surface area contributed by atoms with Gasteiger partial charge in [-0.25, -0.2) is 4.79 Å². The molecule has 0 aromatic rings. The van der Waals surface area contributed by atoms with E-state index < -0.39 is 12.1 Å². The second-order valence-electron chi connectivity index (χ2n) is 2.89. The van der Waals surface area contributed by atoms with Crippen molar-refractivity contribution in [2.75, 3.05) is 19.7 Å². The molecule has 0 aliphatic carbocycles. The van der Waals surface area contributed by atoms with E-state index in [9.17, 15) is 9.59 Å². The molecule has 13 heavy (non-hydrogen) atoms. The first kappa shape index (κ1) is 9.98. The van der Waals surface area contributed by atoms with Crippen LogP contribution in [0, 0.1) is 0 Å². The van der Waals surface area contributed by atoms with Crippen molar-refractivity contribution in [2.45, 2.75) is 19.4 Å². The number of morpholine rings is 1. The molecule has 1 unspecified atom stereocenters. The lowest BCUT2D eigenvalue weighted by Crippen LogP contribution is -2.48. The first-order valence-corrected chi connectivity index (χ1v) is 4.27. The summed E-state index contributed by atoms with van der Waals surface area (Å²) < 4.78 is 4.97. The molecule has 0 radical (unpaired) electrons. The summed E-state index contributed by atoms with van der Waals surface area (Å²) in [6, 6.07) is 0. The molecule has 5 nitrogen and oxygen atoms in total. The van der Waals surface area contributed by atoms with Gasteiger partial charge in [0.15, 0.2) is 6.10 Å². The normalized spacial score (nSPS) is 22.8. The van der Waals surface area contributed by atoms with Crippen LogP contribution in [0.25, 0.3) is 0 Å². The lowest BCUT2D eigenvalue weighted by molar-refractivity contribution is -0.159. The molecule has 74 valence electrons. The van der Waals surface area contributed by atoms with Crippen molar-refractivity contribution >= 4 is 11.9 Å². The number of carbonyl (C=O) groups excluding carboxylic acids is 1. The van der Waals surface area contributed by atoms with Crippen molar-refractivity contribution in [3.8, 4) is 0 Å². The van der Waals surface area contributed by atoms with Crippen LogP contribution in [0.5, 0.6) is 0 Å². The van der Waals surface area contributed by atoms with E-state index >= 15 is 0 Å². The number of rotatable bonds is 2. The van der Waals surface area contributed by atoms with Gasteiger partial charge < -0.3 is 14.7 Å². The fraction of sp³-hybridized carbons (Fsp3) is 0.750. The minimum Gasteiger partial charge on any atom is -0.479 e. The second-order valence-corrected chi connectivity index (χ2v) is 2.89. The molecule has 0 spiro atoms. The minimum atomic E-state index is -1.01. The number of hydrogen-bond donors (Lipinski definition) is 1. The molecular weight excluding hydrogens is 174 g/mol. The van der Waals surface area contributed by atoms with Gasteiger partial charge in [0, 0.05) is 13.0 Å². The third-order valence-corrected chi connectivity index (χ3v) is 2.00. The van der Waals surface area contributed by atoms with Crippen LogP contribution in [-0.4, -0.2) is 47.7 Å². The average Bonchev–Trinajstić information content (AvgIpc) is 2.17. The first-order valence-electron chi connectivity index (χ1n) is 4.27. The third kappa shape index (κ3) is 2.42. The number of carboxylic acids is 1. The van der Waals surface area contributed by atoms with Crippen LogP contribution in [-0.2, 0) is 14.3 Å². The summed E-state index contributed by atoms with van der Waals surface area (Å²) >= 11 is 0. The second kappa shape index (κ2) is 4.23. The summed E-state index contributed by atoms with van der Waals surface area (Å²) in [4.78, 5) is 23.3. The lowest BCUT2D eigenvalue weighted by Gasteiger charge is -2.30. The molecule has 0 aromatic carbocycles. The molecule has 1 amide bonds. The number of ether oxygens (including phenoxy) is 1. The number of carbonyl (C=O) groups is 2. The monoisotopic (exact) mass is 187 g/mol. The van der Waals surface area contributed by atoms with E-state index in [1.165, 1.54) is 4.90 Å². The van der Waals surface area contributed by atoms with Gasteiger partial charge in [0.1, 0.15) is 0 Å². The lowest BCUT2D eigenvalue weighted by atomic mass is 10.2. The topological polar surface area (TPSA) is 66.8 Å². The van der Waals surface area contributed by atoms with E-state index in [-0.39, 0.29) is 12.5 Å². The first-order chi connectivity index (χ1) is 6.15. The molecule has 5 heteroatoms. The van der Waals surface area contributed by atoms with Gasteiger partial charge in [0.05, 0.1) is 13.2 Å². The van der Waals surface area contributed by atoms with Crippen LogP contribution in [0.3, 0.4) is 0 Å². The van der Waals surface area contributed by atoms with Gasteiger partial charge in [-0.15, -0.1) is 0 Å². The van der Waals surface area contributed by atoms with Crippen molar-refractivity contribution in [3.63, 3.8) is 0 Å². The smallest absolute Gasteiger partial charge is 0.334 e. The summed E-state index contributed by atoms with van der Waals surface area (Å²) in [7, 11) is 0. The quantitative estimate of drug-likeness (QED) is 0.645. The number of hydrogen-bond acceptors (Lipinski definition) is 3. The summed E-state index contributed by atoms with van der Waals surface area (Å²) in [5, 5.41) is 8.65. The van der Waals surface area contributed by atoms with E-state index in [0.717, 1.165) is 0 Å². The molecule has 1 heterocycles. The van der Waals surface area contributed by atoms with E-state index in [2.05, 4.69) is 0 Å². The van der Waals surface area contributed by atoms with Crippen molar-refractivity contribution in [1.82, 2.24) is 4.90 Å². The van der Waals surface area contributed by atoms with Gasteiger partial charge in [0.2, 0.25) is 5.91 Å². The number of nitrogens with zero attached hydrogens (tertiary/aromatic N) is 1. The van der Waals surface area contributed by atoms with Crippen LogP contribution in [0.2, 0.25) is 0 Å².